The van der Waals surface area contributed by atoms with Gasteiger partial charge in [0.05, 0.1) is 5.41 Å². The second kappa shape index (κ2) is 5.84. The number of carbonyl (C=O) groups excluding carboxylic acids is 2. The van der Waals surface area contributed by atoms with E-state index in [-0.39, 0.29) is 18.4 Å². The van der Waals surface area contributed by atoms with Gasteiger partial charge < -0.3 is 16.0 Å². The number of carbonyl (C=O) groups is 2. The number of nitrogens with one attached hydrogen (secondary N) is 1. The molecule has 0 aromatic carbocycles. The van der Waals surface area contributed by atoms with Crippen LogP contribution in [0.2, 0.25) is 0 Å². The number of rotatable bonds is 5. The summed E-state index contributed by atoms with van der Waals surface area (Å²) in [5, 5.41) is 2.69. The summed E-state index contributed by atoms with van der Waals surface area (Å²) in [5.41, 5.74) is 4.98. The van der Waals surface area contributed by atoms with Crippen molar-refractivity contribution in [3.05, 3.63) is 0 Å². The standard InChI is InChI=1S/C11H23N3O2/c1-6-11(3,7-12)10(16)13-8(2)9(15)14(4)5/h8H,6-7,12H2,1-5H3,(H,13,16). The van der Waals surface area contributed by atoms with Crippen molar-refractivity contribution in [2.24, 2.45) is 11.1 Å². The molecule has 0 rings (SSSR count). The van der Waals surface area contributed by atoms with Gasteiger partial charge in [-0.1, -0.05) is 6.92 Å². The van der Waals surface area contributed by atoms with Crippen LogP contribution in [0, 0.1) is 5.41 Å². The van der Waals surface area contributed by atoms with Crippen LogP contribution in [-0.2, 0) is 9.59 Å². The van der Waals surface area contributed by atoms with E-state index in [1.165, 1.54) is 4.90 Å². The van der Waals surface area contributed by atoms with Gasteiger partial charge in [0.25, 0.3) is 0 Å². The van der Waals surface area contributed by atoms with E-state index in [2.05, 4.69) is 5.32 Å². The first kappa shape index (κ1) is 14.9. The fraction of sp³-hybridized carbons (Fsp3) is 0.818. The van der Waals surface area contributed by atoms with Gasteiger partial charge in [-0.05, 0) is 20.3 Å². The van der Waals surface area contributed by atoms with Crippen molar-refractivity contribution < 1.29 is 9.59 Å². The summed E-state index contributed by atoms with van der Waals surface area (Å²) in [5.74, 6) is -0.288. The third-order valence-electron chi connectivity index (χ3n) is 2.94. The summed E-state index contributed by atoms with van der Waals surface area (Å²) in [6.45, 7) is 5.66. The van der Waals surface area contributed by atoms with Crippen molar-refractivity contribution in [3.63, 3.8) is 0 Å². The first-order chi connectivity index (χ1) is 7.28. The highest BCUT2D eigenvalue weighted by Crippen LogP contribution is 2.19. The van der Waals surface area contributed by atoms with Gasteiger partial charge in [-0.25, -0.2) is 0 Å². The maximum Gasteiger partial charge on any atom is 0.244 e. The van der Waals surface area contributed by atoms with Gasteiger partial charge in [-0.15, -0.1) is 0 Å². The predicted molar refractivity (Wildman–Crippen MR) is 63.8 cm³/mol. The molecule has 0 aliphatic heterocycles. The van der Waals surface area contributed by atoms with Crippen molar-refractivity contribution in [1.29, 1.82) is 0 Å². The van der Waals surface area contributed by atoms with Crippen molar-refractivity contribution in [2.75, 3.05) is 20.6 Å². The van der Waals surface area contributed by atoms with Crippen LogP contribution in [0.1, 0.15) is 27.2 Å². The van der Waals surface area contributed by atoms with Gasteiger partial charge in [-0.3, -0.25) is 9.59 Å². The molecule has 0 bridgehead atoms. The third-order valence-corrected chi connectivity index (χ3v) is 2.94. The molecular weight excluding hydrogens is 206 g/mol. The molecule has 0 aromatic heterocycles. The molecule has 5 heteroatoms. The summed E-state index contributed by atoms with van der Waals surface area (Å²) in [6.07, 6.45) is 0.651. The zero-order valence-electron chi connectivity index (χ0n) is 10.8. The van der Waals surface area contributed by atoms with E-state index in [4.69, 9.17) is 5.73 Å². The third kappa shape index (κ3) is 3.48. The Morgan fingerprint density at radius 2 is 1.94 bits per heavy atom. The SMILES string of the molecule is CCC(C)(CN)C(=O)NC(C)C(=O)N(C)C. The van der Waals surface area contributed by atoms with E-state index in [1.807, 2.05) is 6.92 Å². The highest BCUT2D eigenvalue weighted by atomic mass is 16.2. The number of likely N-dealkylation sites (N-methyl/N-ethyl adjacent to an activating group) is 1. The number of hydrogen-bond donors (Lipinski definition) is 2. The highest BCUT2D eigenvalue weighted by molar-refractivity contribution is 5.89. The average molecular weight is 229 g/mol. The summed E-state index contributed by atoms with van der Waals surface area (Å²) in [4.78, 5) is 24.9. The van der Waals surface area contributed by atoms with Gasteiger partial charge in [-0.2, -0.15) is 0 Å². The maximum atomic E-state index is 11.9. The average Bonchev–Trinajstić information content (AvgIpc) is 2.26. The molecule has 0 heterocycles. The van der Waals surface area contributed by atoms with Crippen LogP contribution in [0.5, 0.6) is 0 Å². The molecule has 2 atom stereocenters. The Morgan fingerprint density at radius 3 is 2.25 bits per heavy atom. The van der Waals surface area contributed by atoms with Gasteiger partial charge in [0.15, 0.2) is 0 Å². The molecule has 3 N–H and O–H groups in total. The van der Waals surface area contributed by atoms with E-state index in [0.717, 1.165) is 0 Å². The molecule has 0 aromatic rings. The van der Waals surface area contributed by atoms with E-state index in [9.17, 15) is 9.59 Å². The lowest BCUT2D eigenvalue weighted by molar-refractivity contribution is -0.137. The first-order valence-corrected chi connectivity index (χ1v) is 5.50. The highest BCUT2D eigenvalue weighted by Gasteiger charge is 2.31. The fourth-order valence-corrected chi connectivity index (χ4v) is 1.22. The number of nitrogens with zero attached hydrogens (tertiary/aromatic N) is 1. The van der Waals surface area contributed by atoms with Gasteiger partial charge in [0.2, 0.25) is 11.8 Å². The number of amides is 2. The second-order valence-electron chi connectivity index (χ2n) is 4.55. The Morgan fingerprint density at radius 1 is 1.44 bits per heavy atom. The Hall–Kier alpha value is -1.10. The molecule has 94 valence electrons. The number of hydrogen-bond acceptors (Lipinski definition) is 3. The van der Waals surface area contributed by atoms with Crippen LogP contribution in [0.25, 0.3) is 0 Å². The molecule has 0 radical (unpaired) electrons. The quantitative estimate of drug-likeness (QED) is 0.694. The predicted octanol–water partition coefficient (Wildman–Crippen LogP) is -0.0457. The minimum atomic E-state index is -0.596. The van der Waals surface area contributed by atoms with E-state index < -0.39 is 11.5 Å². The monoisotopic (exact) mass is 229 g/mol. The summed E-state index contributed by atoms with van der Waals surface area (Å²) in [6, 6.07) is -0.514. The van der Waals surface area contributed by atoms with Gasteiger partial charge >= 0.3 is 0 Å². The topological polar surface area (TPSA) is 75.4 Å². The van der Waals surface area contributed by atoms with Crippen LogP contribution in [0.15, 0.2) is 0 Å². The second-order valence-corrected chi connectivity index (χ2v) is 4.55. The molecule has 0 aliphatic carbocycles. The van der Waals surface area contributed by atoms with Crippen molar-refractivity contribution in [2.45, 2.75) is 33.2 Å². The maximum absolute atomic E-state index is 11.9. The Bertz CT molecular complexity index is 260. The lowest BCUT2D eigenvalue weighted by atomic mass is 9.86. The molecule has 0 spiro atoms. The summed E-state index contributed by atoms with van der Waals surface area (Å²) >= 11 is 0. The Kier molecular flexibility index (Phi) is 5.44. The Labute approximate surface area is 97.4 Å². The number of nitrogens with two attached hydrogens (primary N) is 1. The first-order valence-electron chi connectivity index (χ1n) is 5.50. The zero-order chi connectivity index (χ0) is 12.9. The van der Waals surface area contributed by atoms with Crippen molar-refractivity contribution in [1.82, 2.24) is 10.2 Å². The van der Waals surface area contributed by atoms with Crippen molar-refractivity contribution in [3.8, 4) is 0 Å². The minimum absolute atomic E-state index is 0.121. The lowest BCUT2D eigenvalue weighted by Gasteiger charge is -2.27. The molecule has 0 aliphatic rings. The minimum Gasteiger partial charge on any atom is -0.347 e. The van der Waals surface area contributed by atoms with E-state index >= 15 is 0 Å². The fourth-order valence-electron chi connectivity index (χ4n) is 1.22. The molecule has 5 nitrogen and oxygen atoms in total. The van der Waals surface area contributed by atoms with E-state index in [1.54, 1.807) is 27.9 Å². The molecule has 0 saturated heterocycles. The molecule has 0 saturated carbocycles. The van der Waals surface area contributed by atoms with Crippen LogP contribution < -0.4 is 11.1 Å². The van der Waals surface area contributed by atoms with Gasteiger partial charge in [0.1, 0.15) is 6.04 Å². The molecule has 16 heavy (non-hydrogen) atoms. The van der Waals surface area contributed by atoms with Gasteiger partial charge in [0, 0.05) is 20.6 Å². The van der Waals surface area contributed by atoms with Crippen LogP contribution in [0.4, 0.5) is 0 Å². The molecular formula is C11H23N3O2. The molecule has 2 unspecified atom stereocenters. The van der Waals surface area contributed by atoms with Crippen LogP contribution in [-0.4, -0.2) is 43.4 Å². The van der Waals surface area contributed by atoms with Crippen LogP contribution in [0.3, 0.4) is 0 Å². The van der Waals surface area contributed by atoms with Crippen molar-refractivity contribution >= 4 is 11.8 Å². The van der Waals surface area contributed by atoms with Crippen LogP contribution >= 0.6 is 0 Å². The lowest BCUT2D eigenvalue weighted by Crippen LogP contribution is -2.51. The smallest absolute Gasteiger partial charge is 0.244 e. The summed E-state index contributed by atoms with van der Waals surface area (Å²) < 4.78 is 0. The zero-order valence-corrected chi connectivity index (χ0v) is 10.8. The molecule has 2 amide bonds. The molecule has 0 fully saturated rings. The normalized spacial score (nSPS) is 16.1. The Balaban J connectivity index is 4.51. The summed E-state index contributed by atoms with van der Waals surface area (Å²) in [7, 11) is 3.32. The largest absolute Gasteiger partial charge is 0.347 e. The van der Waals surface area contributed by atoms with E-state index in [0.29, 0.717) is 6.42 Å².